The summed E-state index contributed by atoms with van der Waals surface area (Å²) in [7, 11) is 0. The van der Waals surface area contributed by atoms with E-state index in [1.165, 1.54) is 6.33 Å². The Hall–Kier alpha value is -1.36. The SMILES string of the molecule is CCCOc1cc(NCC2(O)CCC(C)CC2)ncn1. The maximum absolute atomic E-state index is 10.5. The van der Waals surface area contributed by atoms with E-state index in [0.717, 1.165) is 38.0 Å². The number of nitrogens with zero attached hydrogens (tertiary/aromatic N) is 2. The van der Waals surface area contributed by atoms with Crippen molar-refractivity contribution < 1.29 is 9.84 Å². The molecule has 0 bridgehead atoms. The molecule has 1 heterocycles. The van der Waals surface area contributed by atoms with Crippen LogP contribution in [0, 0.1) is 5.92 Å². The highest BCUT2D eigenvalue weighted by Gasteiger charge is 2.31. The maximum atomic E-state index is 10.5. The number of nitrogens with one attached hydrogen (secondary N) is 1. The van der Waals surface area contributed by atoms with Crippen molar-refractivity contribution in [1.29, 1.82) is 0 Å². The Balaban J connectivity index is 1.87. The van der Waals surface area contributed by atoms with E-state index in [-0.39, 0.29) is 0 Å². The van der Waals surface area contributed by atoms with Gasteiger partial charge in [0, 0.05) is 12.6 Å². The lowest BCUT2D eigenvalue weighted by Crippen LogP contribution is -2.40. The Labute approximate surface area is 120 Å². The molecule has 0 aromatic carbocycles. The zero-order chi connectivity index (χ0) is 14.4. The van der Waals surface area contributed by atoms with E-state index in [1.54, 1.807) is 6.07 Å². The summed E-state index contributed by atoms with van der Waals surface area (Å²) >= 11 is 0. The predicted octanol–water partition coefficient (Wildman–Crippen LogP) is 2.62. The Bertz CT molecular complexity index is 417. The van der Waals surface area contributed by atoms with Gasteiger partial charge in [-0.2, -0.15) is 0 Å². The van der Waals surface area contributed by atoms with E-state index in [4.69, 9.17) is 4.74 Å². The lowest BCUT2D eigenvalue weighted by Gasteiger charge is -2.35. The summed E-state index contributed by atoms with van der Waals surface area (Å²) in [4.78, 5) is 8.23. The predicted molar refractivity (Wildman–Crippen MR) is 78.9 cm³/mol. The van der Waals surface area contributed by atoms with Gasteiger partial charge in [-0.3, -0.25) is 0 Å². The molecule has 2 N–H and O–H groups in total. The molecule has 5 nitrogen and oxygen atoms in total. The van der Waals surface area contributed by atoms with Gasteiger partial charge in [-0.05, 0) is 38.0 Å². The topological polar surface area (TPSA) is 67.3 Å². The van der Waals surface area contributed by atoms with Crippen LogP contribution in [0.4, 0.5) is 5.82 Å². The number of ether oxygens (including phenoxy) is 1. The maximum Gasteiger partial charge on any atom is 0.218 e. The molecule has 0 spiro atoms. The summed E-state index contributed by atoms with van der Waals surface area (Å²) in [6.07, 6.45) is 6.32. The first-order valence-electron chi connectivity index (χ1n) is 7.52. The summed E-state index contributed by atoms with van der Waals surface area (Å²) in [5.74, 6) is 2.01. The Morgan fingerprint density at radius 2 is 2.15 bits per heavy atom. The number of aromatic nitrogens is 2. The molecule has 1 aliphatic carbocycles. The molecule has 20 heavy (non-hydrogen) atoms. The molecule has 2 rings (SSSR count). The van der Waals surface area contributed by atoms with Gasteiger partial charge in [-0.25, -0.2) is 9.97 Å². The van der Waals surface area contributed by atoms with Crippen molar-refractivity contribution in [2.24, 2.45) is 5.92 Å². The molecule has 0 saturated heterocycles. The number of hydrogen-bond donors (Lipinski definition) is 2. The molecule has 5 heteroatoms. The van der Waals surface area contributed by atoms with Crippen LogP contribution in [0.2, 0.25) is 0 Å². The quantitative estimate of drug-likeness (QED) is 0.838. The van der Waals surface area contributed by atoms with Gasteiger partial charge in [0.05, 0.1) is 12.2 Å². The average Bonchev–Trinajstić information content (AvgIpc) is 2.47. The lowest BCUT2D eigenvalue weighted by atomic mass is 9.79. The Morgan fingerprint density at radius 1 is 1.40 bits per heavy atom. The molecule has 1 aromatic rings. The van der Waals surface area contributed by atoms with Crippen molar-refractivity contribution in [2.75, 3.05) is 18.5 Å². The fraction of sp³-hybridized carbons (Fsp3) is 0.733. The van der Waals surface area contributed by atoms with E-state index >= 15 is 0 Å². The number of aliphatic hydroxyl groups is 1. The Kier molecular flexibility index (Phi) is 5.17. The van der Waals surface area contributed by atoms with E-state index in [0.29, 0.717) is 24.8 Å². The summed E-state index contributed by atoms with van der Waals surface area (Å²) < 4.78 is 5.47. The second-order valence-electron chi connectivity index (χ2n) is 5.85. The van der Waals surface area contributed by atoms with E-state index in [9.17, 15) is 5.11 Å². The molecule has 1 saturated carbocycles. The van der Waals surface area contributed by atoms with Gasteiger partial charge in [0.25, 0.3) is 0 Å². The monoisotopic (exact) mass is 279 g/mol. The average molecular weight is 279 g/mol. The largest absolute Gasteiger partial charge is 0.478 e. The van der Waals surface area contributed by atoms with Gasteiger partial charge in [-0.15, -0.1) is 0 Å². The number of hydrogen-bond acceptors (Lipinski definition) is 5. The molecule has 1 fully saturated rings. The first kappa shape index (κ1) is 15.0. The summed E-state index contributed by atoms with van der Waals surface area (Å²) in [6.45, 7) is 5.48. The third-order valence-electron chi connectivity index (χ3n) is 3.90. The zero-order valence-electron chi connectivity index (χ0n) is 12.4. The number of anilines is 1. The minimum absolute atomic E-state index is 0.532. The molecular formula is C15H25N3O2. The molecule has 0 radical (unpaired) electrons. The summed E-state index contributed by atoms with van der Waals surface area (Å²) in [6, 6.07) is 1.78. The normalized spacial score (nSPS) is 26.2. The molecule has 0 atom stereocenters. The van der Waals surface area contributed by atoms with Gasteiger partial charge in [0.1, 0.15) is 12.1 Å². The van der Waals surface area contributed by atoms with Gasteiger partial charge in [0.15, 0.2) is 0 Å². The second kappa shape index (κ2) is 6.88. The highest BCUT2D eigenvalue weighted by atomic mass is 16.5. The third kappa shape index (κ3) is 4.34. The van der Waals surface area contributed by atoms with Crippen molar-refractivity contribution in [1.82, 2.24) is 9.97 Å². The van der Waals surface area contributed by atoms with Crippen LogP contribution in [0.5, 0.6) is 5.88 Å². The fourth-order valence-electron chi connectivity index (χ4n) is 2.45. The van der Waals surface area contributed by atoms with Crippen molar-refractivity contribution in [3.8, 4) is 5.88 Å². The second-order valence-corrected chi connectivity index (χ2v) is 5.85. The third-order valence-corrected chi connectivity index (χ3v) is 3.90. The summed E-state index contributed by atoms with van der Waals surface area (Å²) in [5, 5.41) is 13.7. The van der Waals surface area contributed by atoms with Gasteiger partial charge in [0.2, 0.25) is 5.88 Å². The van der Waals surface area contributed by atoms with Crippen LogP contribution in [-0.2, 0) is 0 Å². The first-order valence-corrected chi connectivity index (χ1v) is 7.52. The van der Waals surface area contributed by atoms with Crippen LogP contribution in [-0.4, -0.2) is 33.8 Å². The molecule has 0 aliphatic heterocycles. The standard InChI is InChI=1S/C15H25N3O2/c1-3-8-20-14-9-13(17-11-18-14)16-10-15(19)6-4-12(2)5-7-15/h9,11-12,19H,3-8,10H2,1-2H3,(H,16,17,18). The molecule has 0 amide bonds. The van der Waals surface area contributed by atoms with Crippen LogP contribution in [0.25, 0.3) is 0 Å². The summed E-state index contributed by atoms with van der Waals surface area (Å²) in [5.41, 5.74) is -0.609. The van der Waals surface area contributed by atoms with Crippen LogP contribution >= 0.6 is 0 Å². The Morgan fingerprint density at radius 3 is 2.85 bits per heavy atom. The minimum Gasteiger partial charge on any atom is -0.478 e. The highest BCUT2D eigenvalue weighted by Crippen LogP contribution is 2.31. The van der Waals surface area contributed by atoms with E-state index in [2.05, 4.69) is 29.1 Å². The molecule has 1 aliphatic rings. The molecular weight excluding hydrogens is 254 g/mol. The smallest absolute Gasteiger partial charge is 0.218 e. The van der Waals surface area contributed by atoms with Crippen molar-refractivity contribution in [2.45, 2.75) is 51.6 Å². The van der Waals surface area contributed by atoms with E-state index < -0.39 is 5.60 Å². The van der Waals surface area contributed by atoms with Crippen LogP contribution < -0.4 is 10.1 Å². The van der Waals surface area contributed by atoms with Crippen LogP contribution in [0.1, 0.15) is 46.0 Å². The van der Waals surface area contributed by atoms with Crippen molar-refractivity contribution in [3.05, 3.63) is 12.4 Å². The molecule has 0 unspecified atom stereocenters. The molecule has 112 valence electrons. The van der Waals surface area contributed by atoms with Gasteiger partial charge in [-0.1, -0.05) is 13.8 Å². The van der Waals surface area contributed by atoms with Gasteiger partial charge >= 0.3 is 0 Å². The zero-order valence-corrected chi connectivity index (χ0v) is 12.4. The van der Waals surface area contributed by atoms with Crippen LogP contribution in [0.3, 0.4) is 0 Å². The minimum atomic E-state index is -0.609. The van der Waals surface area contributed by atoms with Crippen molar-refractivity contribution >= 4 is 5.82 Å². The molecule has 1 aromatic heterocycles. The van der Waals surface area contributed by atoms with Crippen molar-refractivity contribution in [3.63, 3.8) is 0 Å². The van der Waals surface area contributed by atoms with E-state index in [1.807, 2.05) is 0 Å². The fourth-order valence-corrected chi connectivity index (χ4v) is 2.45. The first-order chi connectivity index (χ1) is 9.61. The van der Waals surface area contributed by atoms with Crippen LogP contribution in [0.15, 0.2) is 12.4 Å². The van der Waals surface area contributed by atoms with Gasteiger partial charge < -0.3 is 15.2 Å². The highest BCUT2D eigenvalue weighted by molar-refractivity contribution is 5.37. The number of rotatable bonds is 6. The lowest BCUT2D eigenvalue weighted by molar-refractivity contribution is 0.00494.